The maximum Gasteiger partial charge on any atom is 0.181 e. The van der Waals surface area contributed by atoms with Crippen molar-refractivity contribution in [1.29, 1.82) is 0 Å². The summed E-state index contributed by atoms with van der Waals surface area (Å²) in [7, 11) is 0. The highest BCUT2D eigenvalue weighted by Gasteiger charge is 2.09. The van der Waals surface area contributed by atoms with E-state index in [0.29, 0.717) is 5.65 Å². The van der Waals surface area contributed by atoms with Gasteiger partial charge in [0, 0.05) is 0 Å². The van der Waals surface area contributed by atoms with E-state index in [4.69, 9.17) is 4.42 Å². The van der Waals surface area contributed by atoms with Crippen LogP contribution in [0.4, 0.5) is 0 Å². The molecule has 5 nitrogen and oxygen atoms in total. The minimum absolute atomic E-state index is 0.667. The zero-order valence-electron chi connectivity index (χ0n) is 8.06. The van der Waals surface area contributed by atoms with Gasteiger partial charge in [-0.15, -0.1) is 0 Å². The summed E-state index contributed by atoms with van der Waals surface area (Å²) in [5.41, 5.74) is 2.45. The number of nitrogens with one attached hydrogen (secondary N) is 1. The zero-order valence-corrected chi connectivity index (χ0v) is 8.06. The van der Waals surface area contributed by atoms with Crippen molar-refractivity contribution in [2.75, 3.05) is 0 Å². The molecule has 0 saturated carbocycles. The largest absolute Gasteiger partial charge is 0.469 e. The van der Waals surface area contributed by atoms with E-state index >= 15 is 0 Å². The number of hydrogen-bond donors (Lipinski definition) is 1. The number of nitrogens with zero attached hydrogens (tertiary/aromatic N) is 3. The molecule has 3 heterocycles. The summed E-state index contributed by atoms with van der Waals surface area (Å²) in [4.78, 5) is 15.5. The van der Waals surface area contributed by atoms with Crippen molar-refractivity contribution in [3.05, 3.63) is 30.6 Å². The van der Waals surface area contributed by atoms with E-state index in [1.165, 1.54) is 6.33 Å². The molecule has 74 valence electrons. The van der Waals surface area contributed by atoms with E-state index in [1.54, 1.807) is 12.5 Å². The number of rotatable bonds is 1. The van der Waals surface area contributed by atoms with Gasteiger partial charge in [0.25, 0.3) is 0 Å². The molecular weight excluding hydrogens is 192 g/mol. The molecular formula is C10H8N4O. The van der Waals surface area contributed by atoms with Crippen LogP contribution in [0.3, 0.4) is 0 Å². The number of imidazole rings is 1. The maximum absolute atomic E-state index is 5.22. The molecule has 0 aliphatic rings. The topological polar surface area (TPSA) is 67.6 Å². The van der Waals surface area contributed by atoms with Crippen molar-refractivity contribution in [2.24, 2.45) is 0 Å². The average Bonchev–Trinajstić information content (AvgIpc) is 2.82. The van der Waals surface area contributed by atoms with Crippen LogP contribution in [0.25, 0.3) is 22.6 Å². The van der Waals surface area contributed by atoms with Gasteiger partial charge in [-0.25, -0.2) is 15.0 Å². The lowest BCUT2D eigenvalue weighted by molar-refractivity contribution is 0.535. The summed E-state index contributed by atoms with van der Waals surface area (Å²) >= 11 is 0. The van der Waals surface area contributed by atoms with Gasteiger partial charge in [-0.05, 0) is 13.0 Å². The van der Waals surface area contributed by atoms with Crippen molar-refractivity contribution >= 4 is 11.2 Å². The lowest BCUT2D eigenvalue weighted by atomic mass is 10.2. The van der Waals surface area contributed by atoms with Gasteiger partial charge in [0.15, 0.2) is 5.65 Å². The smallest absolute Gasteiger partial charge is 0.181 e. The molecule has 0 aromatic carbocycles. The summed E-state index contributed by atoms with van der Waals surface area (Å²) in [6.45, 7) is 1.90. The van der Waals surface area contributed by atoms with Crippen LogP contribution in [-0.4, -0.2) is 19.9 Å². The number of aryl methyl sites for hydroxylation is 1. The molecule has 0 atom stereocenters. The second-order valence-electron chi connectivity index (χ2n) is 3.24. The van der Waals surface area contributed by atoms with Crippen molar-refractivity contribution < 1.29 is 4.42 Å². The molecule has 1 N–H and O–H groups in total. The molecule has 0 spiro atoms. The Morgan fingerprint density at radius 2 is 2.33 bits per heavy atom. The van der Waals surface area contributed by atoms with Crippen molar-refractivity contribution in [3.63, 3.8) is 0 Å². The molecule has 0 saturated heterocycles. The van der Waals surface area contributed by atoms with Crippen molar-refractivity contribution in [3.8, 4) is 11.4 Å². The quantitative estimate of drug-likeness (QED) is 0.651. The maximum atomic E-state index is 5.22. The molecule has 0 radical (unpaired) electrons. The molecule has 0 fully saturated rings. The molecule has 0 bridgehead atoms. The Kier molecular flexibility index (Phi) is 1.58. The summed E-state index contributed by atoms with van der Waals surface area (Å²) in [6, 6.07) is 1.88. The molecule has 0 aliphatic heterocycles. The van der Waals surface area contributed by atoms with Crippen LogP contribution in [0.5, 0.6) is 0 Å². The van der Waals surface area contributed by atoms with Gasteiger partial charge >= 0.3 is 0 Å². The minimum Gasteiger partial charge on any atom is -0.469 e. The predicted octanol–water partition coefficient (Wildman–Crippen LogP) is 1.92. The highest BCUT2D eigenvalue weighted by atomic mass is 16.3. The van der Waals surface area contributed by atoms with E-state index in [0.717, 1.165) is 22.7 Å². The fourth-order valence-electron chi connectivity index (χ4n) is 1.52. The predicted molar refractivity (Wildman–Crippen MR) is 54.1 cm³/mol. The normalized spacial score (nSPS) is 11.0. The number of aromatic nitrogens is 4. The highest BCUT2D eigenvalue weighted by Crippen LogP contribution is 2.22. The molecule has 3 rings (SSSR count). The monoisotopic (exact) mass is 200 g/mol. The average molecular weight is 200 g/mol. The summed E-state index contributed by atoms with van der Waals surface area (Å²) in [6.07, 6.45) is 4.83. The van der Waals surface area contributed by atoms with Crippen LogP contribution in [0.2, 0.25) is 0 Å². The standard InChI is InChI=1S/C10H8N4O/c1-6-7(2-3-15-6)9-13-8-4-11-5-12-10(8)14-9/h2-5H,1H3,(H,11,12,13,14). The first-order valence-corrected chi connectivity index (χ1v) is 4.55. The van der Waals surface area contributed by atoms with Crippen LogP contribution < -0.4 is 0 Å². The summed E-state index contributed by atoms with van der Waals surface area (Å²) in [5, 5.41) is 0. The summed E-state index contributed by atoms with van der Waals surface area (Å²) < 4.78 is 5.22. The highest BCUT2D eigenvalue weighted by molar-refractivity contribution is 5.75. The number of furan rings is 1. The minimum atomic E-state index is 0.667. The first kappa shape index (κ1) is 8.16. The molecule has 3 aromatic heterocycles. The second kappa shape index (κ2) is 2.91. The lowest BCUT2D eigenvalue weighted by Gasteiger charge is -1.90. The van der Waals surface area contributed by atoms with E-state index in [1.807, 2.05) is 13.0 Å². The fraction of sp³-hybridized carbons (Fsp3) is 0.100. The number of aromatic amines is 1. The third kappa shape index (κ3) is 1.20. The van der Waals surface area contributed by atoms with E-state index in [9.17, 15) is 0 Å². The molecule has 0 unspecified atom stereocenters. The molecule has 3 aromatic rings. The van der Waals surface area contributed by atoms with Crippen molar-refractivity contribution in [1.82, 2.24) is 19.9 Å². The van der Waals surface area contributed by atoms with Crippen molar-refractivity contribution in [2.45, 2.75) is 6.92 Å². The Balaban J connectivity index is 2.24. The fourth-order valence-corrected chi connectivity index (χ4v) is 1.52. The number of fused-ring (bicyclic) bond motifs is 1. The third-order valence-corrected chi connectivity index (χ3v) is 2.28. The SMILES string of the molecule is Cc1occc1-c1nc2ncncc2[nH]1. The van der Waals surface area contributed by atoms with Gasteiger partial charge in [-0.3, -0.25) is 0 Å². The van der Waals surface area contributed by atoms with Gasteiger partial charge in [0.2, 0.25) is 0 Å². The Hall–Kier alpha value is -2.17. The molecule has 5 heteroatoms. The van der Waals surface area contributed by atoms with Gasteiger partial charge in [-0.2, -0.15) is 0 Å². The van der Waals surface area contributed by atoms with Gasteiger partial charge in [0.05, 0.1) is 18.0 Å². The van der Waals surface area contributed by atoms with Crippen LogP contribution in [0.1, 0.15) is 5.76 Å². The molecule has 0 aliphatic carbocycles. The van der Waals surface area contributed by atoms with E-state index in [2.05, 4.69) is 19.9 Å². The zero-order chi connectivity index (χ0) is 10.3. The Morgan fingerprint density at radius 3 is 3.07 bits per heavy atom. The van der Waals surface area contributed by atoms with E-state index < -0.39 is 0 Å². The van der Waals surface area contributed by atoms with Gasteiger partial charge in [-0.1, -0.05) is 0 Å². The van der Waals surface area contributed by atoms with Gasteiger partial charge < -0.3 is 9.40 Å². The van der Waals surface area contributed by atoms with Gasteiger partial charge in [0.1, 0.15) is 23.4 Å². The first-order valence-electron chi connectivity index (χ1n) is 4.55. The first-order chi connectivity index (χ1) is 7.34. The Morgan fingerprint density at radius 1 is 1.40 bits per heavy atom. The molecule has 15 heavy (non-hydrogen) atoms. The Bertz CT molecular complexity index is 577. The van der Waals surface area contributed by atoms with Crippen LogP contribution >= 0.6 is 0 Å². The summed E-state index contributed by atoms with van der Waals surface area (Å²) in [5.74, 6) is 1.60. The second-order valence-corrected chi connectivity index (χ2v) is 3.24. The van der Waals surface area contributed by atoms with E-state index in [-0.39, 0.29) is 0 Å². The number of hydrogen-bond acceptors (Lipinski definition) is 4. The lowest BCUT2D eigenvalue weighted by Crippen LogP contribution is -1.79. The Labute approximate surface area is 85.2 Å². The van der Waals surface area contributed by atoms with Crippen LogP contribution in [-0.2, 0) is 0 Å². The van der Waals surface area contributed by atoms with Crippen LogP contribution in [0.15, 0.2) is 29.3 Å². The van der Waals surface area contributed by atoms with Crippen LogP contribution in [0, 0.1) is 6.92 Å². The third-order valence-electron chi connectivity index (χ3n) is 2.28. The molecule has 0 amide bonds. The number of H-pyrrole nitrogens is 1.